The Morgan fingerprint density at radius 3 is 2.85 bits per heavy atom. The van der Waals surface area contributed by atoms with Gasteiger partial charge in [0.25, 0.3) is 0 Å². The lowest BCUT2D eigenvalue weighted by atomic mass is 10.2. The molecule has 1 rings (SSSR count). The predicted octanol–water partition coefficient (Wildman–Crippen LogP) is 3.13. The Hall–Kier alpha value is -0.890. The fourth-order valence-electron chi connectivity index (χ4n) is 1.02. The van der Waals surface area contributed by atoms with Crippen LogP contribution in [0.25, 0.3) is 0 Å². The van der Waals surface area contributed by atoms with Crippen molar-refractivity contribution >= 4 is 23.0 Å². The van der Waals surface area contributed by atoms with Crippen LogP contribution in [-0.4, -0.2) is 6.04 Å². The summed E-state index contributed by atoms with van der Waals surface area (Å²) >= 11 is 5.85. The Kier molecular flexibility index (Phi) is 3.43. The van der Waals surface area contributed by atoms with Crippen molar-refractivity contribution in [3.8, 4) is 0 Å². The number of anilines is 2. The van der Waals surface area contributed by atoms with Gasteiger partial charge in [0.05, 0.1) is 11.4 Å². The number of halogens is 1. The molecule has 0 aliphatic heterocycles. The highest BCUT2D eigenvalue weighted by Gasteiger charge is 2.02. The molecule has 0 aliphatic rings. The van der Waals surface area contributed by atoms with Gasteiger partial charge in [0.15, 0.2) is 0 Å². The van der Waals surface area contributed by atoms with Gasteiger partial charge in [-0.2, -0.15) is 0 Å². The zero-order valence-electron chi connectivity index (χ0n) is 7.97. The molecule has 0 radical (unpaired) electrons. The molecule has 0 spiro atoms. The van der Waals surface area contributed by atoms with Crippen molar-refractivity contribution in [3.05, 3.63) is 23.2 Å². The van der Waals surface area contributed by atoms with E-state index in [1.54, 1.807) is 6.07 Å². The van der Waals surface area contributed by atoms with E-state index in [0.717, 1.165) is 17.8 Å². The SMILES string of the molecule is CCC(C)Nc1cc(Cl)ccc1N. The lowest BCUT2D eigenvalue weighted by Gasteiger charge is -2.14. The third-order valence-corrected chi connectivity index (χ3v) is 2.26. The minimum absolute atomic E-state index is 0.417. The van der Waals surface area contributed by atoms with Crippen LogP contribution in [-0.2, 0) is 0 Å². The number of rotatable bonds is 3. The second-order valence-corrected chi connectivity index (χ2v) is 3.62. The Labute approximate surface area is 84.1 Å². The van der Waals surface area contributed by atoms with E-state index in [1.807, 2.05) is 12.1 Å². The lowest BCUT2D eigenvalue weighted by molar-refractivity contribution is 0.764. The van der Waals surface area contributed by atoms with E-state index in [9.17, 15) is 0 Å². The molecular formula is C10H15ClN2. The van der Waals surface area contributed by atoms with E-state index >= 15 is 0 Å². The first-order valence-electron chi connectivity index (χ1n) is 4.45. The molecule has 0 amide bonds. The number of hydrogen-bond acceptors (Lipinski definition) is 2. The Balaban J connectivity index is 2.81. The van der Waals surface area contributed by atoms with Crippen molar-refractivity contribution in [3.63, 3.8) is 0 Å². The Bertz CT molecular complexity index is 286. The van der Waals surface area contributed by atoms with Gasteiger partial charge in [-0.15, -0.1) is 0 Å². The van der Waals surface area contributed by atoms with Crippen LogP contribution in [0.5, 0.6) is 0 Å². The average molecular weight is 199 g/mol. The van der Waals surface area contributed by atoms with E-state index in [4.69, 9.17) is 17.3 Å². The summed E-state index contributed by atoms with van der Waals surface area (Å²) in [5.74, 6) is 0. The second kappa shape index (κ2) is 4.38. The van der Waals surface area contributed by atoms with Crippen molar-refractivity contribution < 1.29 is 0 Å². The third kappa shape index (κ3) is 2.81. The molecule has 0 bridgehead atoms. The summed E-state index contributed by atoms with van der Waals surface area (Å²) in [5, 5.41) is 4.00. The number of benzene rings is 1. The zero-order valence-corrected chi connectivity index (χ0v) is 8.73. The largest absolute Gasteiger partial charge is 0.397 e. The molecule has 72 valence electrons. The normalized spacial score (nSPS) is 12.5. The van der Waals surface area contributed by atoms with Crippen LogP contribution >= 0.6 is 11.6 Å². The van der Waals surface area contributed by atoms with Crippen LogP contribution in [0.15, 0.2) is 18.2 Å². The van der Waals surface area contributed by atoms with Crippen molar-refractivity contribution in [2.75, 3.05) is 11.1 Å². The summed E-state index contributed by atoms with van der Waals surface area (Å²) in [6, 6.07) is 5.87. The fraction of sp³-hybridized carbons (Fsp3) is 0.400. The summed E-state index contributed by atoms with van der Waals surface area (Å²) in [4.78, 5) is 0. The summed E-state index contributed by atoms with van der Waals surface area (Å²) in [6.07, 6.45) is 1.06. The fourth-order valence-corrected chi connectivity index (χ4v) is 1.19. The predicted molar refractivity (Wildman–Crippen MR) is 59.2 cm³/mol. The van der Waals surface area contributed by atoms with Gasteiger partial charge >= 0.3 is 0 Å². The molecule has 0 saturated heterocycles. The van der Waals surface area contributed by atoms with Gasteiger partial charge in [-0.3, -0.25) is 0 Å². The maximum Gasteiger partial charge on any atom is 0.0590 e. The van der Waals surface area contributed by atoms with Crippen LogP contribution < -0.4 is 11.1 Å². The van der Waals surface area contributed by atoms with Crippen LogP contribution in [0.1, 0.15) is 20.3 Å². The van der Waals surface area contributed by atoms with Crippen molar-refractivity contribution in [2.24, 2.45) is 0 Å². The molecule has 0 aromatic heterocycles. The summed E-state index contributed by atoms with van der Waals surface area (Å²) < 4.78 is 0. The second-order valence-electron chi connectivity index (χ2n) is 3.19. The molecule has 1 aromatic carbocycles. The smallest absolute Gasteiger partial charge is 0.0590 e. The van der Waals surface area contributed by atoms with Crippen LogP contribution in [0.2, 0.25) is 5.02 Å². The van der Waals surface area contributed by atoms with E-state index < -0.39 is 0 Å². The number of nitrogens with one attached hydrogen (secondary N) is 1. The molecule has 2 nitrogen and oxygen atoms in total. The Morgan fingerprint density at radius 1 is 1.54 bits per heavy atom. The van der Waals surface area contributed by atoms with E-state index in [1.165, 1.54) is 0 Å². The highest BCUT2D eigenvalue weighted by molar-refractivity contribution is 6.31. The summed E-state index contributed by atoms with van der Waals surface area (Å²) in [6.45, 7) is 4.23. The van der Waals surface area contributed by atoms with Gasteiger partial charge in [-0.05, 0) is 31.5 Å². The topological polar surface area (TPSA) is 38.0 Å². The number of nitrogens with two attached hydrogens (primary N) is 1. The van der Waals surface area contributed by atoms with Gasteiger partial charge in [0, 0.05) is 11.1 Å². The molecular weight excluding hydrogens is 184 g/mol. The molecule has 1 unspecified atom stereocenters. The first-order valence-corrected chi connectivity index (χ1v) is 4.83. The van der Waals surface area contributed by atoms with Crippen molar-refractivity contribution in [1.82, 2.24) is 0 Å². The minimum Gasteiger partial charge on any atom is -0.397 e. The first-order chi connectivity index (χ1) is 6.13. The van der Waals surface area contributed by atoms with Crippen LogP contribution in [0, 0.1) is 0 Å². The van der Waals surface area contributed by atoms with Gasteiger partial charge in [0.1, 0.15) is 0 Å². The molecule has 3 N–H and O–H groups in total. The molecule has 3 heteroatoms. The van der Waals surface area contributed by atoms with Crippen molar-refractivity contribution in [1.29, 1.82) is 0 Å². The zero-order chi connectivity index (χ0) is 9.84. The molecule has 0 heterocycles. The standard InChI is InChI=1S/C10H15ClN2/c1-3-7(2)13-10-6-8(11)4-5-9(10)12/h4-7,13H,3,12H2,1-2H3. The molecule has 0 saturated carbocycles. The van der Waals surface area contributed by atoms with Gasteiger partial charge in [-0.25, -0.2) is 0 Å². The van der Waals surface area contributed by atoms with Gasteiger partial charge in [0.2, 0.25) is 0 Å². The van der Waals surface area contributed by atoms with Gasteiger partial charge in [-0.1, -0.05) is 18.5 Å². The Morgan fingerprint density at radius 2 is 2.23 bits per heavy atom. The quantitative estimate of drug-likeness (QED) is 0.733. The maximum absolute atomic E-state index is 5.85. The van der Waals surface area contributed by atoms with Crippen LogP contribution in [0.4, 0.5) is 11.4 Å². The number of hydrogen-bond donors (Lipinski definition) is 2. The third-order valence-electron chi connectivity index (χ3n) is 2.03. The lowest BCUT2D eigenvalue weighted by Crippen LogP contribution is -2.14. The van der Waals surface area contributed by atoms with E-state index in [2.05, 4.69) is 19.2 Å². The molecule has 0 fully saturated rings. The highest BCUT2D eigenvalue weighted by Crippen LogP contribution is 2.23. The monoisotopic (exact) mass is 198 g/mol. The van der Waals surface area contributed by atoms with Crippen molar-refractivity contribution in [2.45, 2.75) is 26.3 Å². The summed E-state index contributed by atoms with van der Waals surface area (Å²) in [7, 11) is 0. The van der Waals surface area contributed by atoms with Gasteiger partial charge < -0.3 is 11.1 Å². The van der Waals surface area contributed by atoms with Crippen LogP contribution in [0.3, 0.4) is 0 Å². The first kappa shape index (κ1) is 10.2. The maximum atomic E-state index is 5.85. The molecule has 1 aromatic rings. The van der Waals surface area contributed by atoms with E-state index in [0.29, 0.717) is 11.1 Å². The number of nitrogen functional groups attached to an aromatic ring is 1. The molecule has 13 heavy (non-hydrogen) atoms. The molecule has 0 aliphatic carbocycles. The highest BCUT2D eigenvalue weighted by atomic mass is 35.5. The molecule has 1 atom stereocenters. The minimum atomic E-state index is 0.417. The van der Waals surface area contributed by atoms with E-state index in [-0.39, 0.29) is 0 Å². The average Bonchev–Trinajstić information content (AvgIpc) is 2.11. The summed E-state index contributed by atoms with van der Waals surface area (Å²) in [5.41, 5.74) is 7.43.